The smallest absolute Gasteiger partial charge is 0.166 e. The minimum atomic E-state index is 0.278. The first-order chi connectivity index (χ1) is 7.70. The van der Waals surface area contributed by atoms with Crippen molar-refractivity contribution in [3.63, 3.8) is 0 Å². The van der Waals surface area contributed by atoms with Gasteiger partial charge >= 0.3 is 0 Å². The predicted octanol–water partition coefficient (Wildman–Crippen LogP) is 4.91. The molecule has 2 unspecified atom stereocenters. The fourth-order valence-corrected chi connectivity index (χ4v) is 3.72. The molecule has 0 aliphatic heterocycles. The van der Waals surface area contributed by atoms with Gasteiger partial charge in [0.1, 0.15) is 0 Å². The molecule has 0 spiro atoms. The van der Waals surface area contributed by atoms with E-state index in [1.807, 2.05) is 11.4 Å². The molecule has 0 amide bonds. The Morgan fingerprint density at radius 2 is 2.38 bits per heavy atom. The fraction of sp³-hybridized carbons (Fsp3) is 0.615. The molecule has 0 aromatic carbocycles. The van der Waals surface area contributed by atoms with Crippen molar-refractivity contribution in [3.8, 4) is 0 Å². The third-order valence-corrected chi connectivity index (χ3v) is 5.09. The van der Waals surface area contributed by atoms with Crippen LogP contribution in [0.5, 0.6) is 0 Å². The zero-order valence-electron chi connectivity index (χ0n) is 9.54. The third kappa shape index (κ3) is 2.75. The van der Waals surface area contributed by atoms with Crippen molar-refractivity contribution in [2.45, 2.75) is 39.0 Å². The summed E-state index contributed by atoms with van der Waals surface area (Å²) in [5.74, 6) is 1.41. The Balaban J connectivity index is 2.04. The van der Waals surface area contributed by atoms with Gasteiger partial charge in [-0.2, -0.15) is 0 Å². The maximum Gasteiger partial charge on any atom is 0.166 e. The van der Waals surface area contributed by atoms with Crippen LogP contribution in [0.25, 0.3) is 0 Å². The van der Waals surface area contributed by atoms with Gasteiger partial charge in [-0.05, 0) is 40.8 Å². The van der Waals surface area contributed by atoms with Crippen LogP contribution in [0.4, 0.5) is 0 Å². The standard InChI is InChI=1S/C13H17BrOS/c1-2-9-4-3-5-10(6-9)13(15)11-7-12(14)16-8-11/h7-10H,2-6H2,1H3. The van der Waals surface area contributed by atoms with E-state index in [9.17, 15) is 4.79 Å². The summed E-state index contributed by atoms with van der Waals surface area (Å²) in [4.78, 5) is 12.3. The Morgan fingerprint density at radius 3 is 3.00 bits per heavy atom. The number of halogens is 1. The summed E-state index contributed by atoms with van der Waals surface area (Å²) >= 11 is 5.02. The minimum absolute atomic E-state index is 0.278. The van der Waals surface area contributed by atoms with Crippen molar-refractivity contribution in [2.24, 2.45) is 11.8 Å². The second kappa shape index (κ2) is 5.46. The van der Waals surface area contributed by atoms with Gasteiger partial charge in [-0.1, -0.05) is 26.2 Å². The van der Waals surface area contributed by atoms with Crippen molar-refractivity contribution < 1.29 is 4.79 Å². The Labute approximate surface area is 109 Å². The lowest BCUT2D eigenvalue weighted by atomic mass is 9.77. The molecule has 1 aliphatic rings. The summed E-state index contributed by atoms with van der Waals surface area (Å²) in [7, 11) is 0. The number of carbonyl (C=O) groups is 1. The van der Waals surface area contributed by atoms with E-state index in [2.05, 4.69) is 22.9 Å². The normalized spacial score (nSPS) is 25.6. The maximum atomic E-state index is 12.3. The molecule has 1 heterocycles. The summed E-state index contributed by atoms with van der Waals surface area (Å²) < 4.78 is 1.05. The van der Waals surface area contributed by atoms with E-state index < -0.39 is 0 Å². The number of Topliss-reactive ketones (excluding diaryl/α,β-unsaturated/α-hetero) is 1. The summed E-state index contributed by atoms with van der Waals surface area (Å²) in [5, 5.41) is 1.97. The van der Waals surface area contributed by atoms with Gasteiger partial charge in [0, 0.05) is 16.9 Å². The number of carbonyl (C=O) groups excluding carboxylic acids is 1. The van der Waals surface area contributed by atoms with Crippen molar-refractivity contribution in [1.29, 1.82) is 0 Å². The molecule has 88 valence electrons. The zero-order chi connectivity index (χ0) is 11.5. The Bertz CT molecular complexity index is 372. The zero-order valence-corrected chi connectivity index (χ0v) is 11.9. The van der Waals surface area contributed by atoms with E-state index in [0.29, 0.717) is 5.78 Å². The highest BCUT2D eigenvalue weighted by molar-refractivity contribution is 9.11. The fourth-order valence-electron chi connectivity index (χ4n) is 2.57. The molecule has 1 aliphatic carbocycles. The Morgan fingerprint density at radius 1 is 1.56 bits per heavy atom. The van der Waals surface area contributed by atoms with Crippen molar-refractivity contribution in [1.82, 2.24) is 0 Å². The number of thiophene rings is 1. The lowest BCUT2D eigenvalue weighted by Crippen LogP contribution is -2.22. The van der Waals surface area contributed by atoms with Crippen LogP contribution in [0.3, 0.4) is 0 Å². The van der Waals surface area contributed by atoms with Gasteiger partial charge in [0.15, 0.2) is 5.78 Å². The molecule has 1 nitrogen and oxygen atoms in total. The van der Waals surface area contributed by atoms with Gasteiger partial charge in [0.05, 0.1) is 3.79 Å². The topological polar surface area (TPSA) is 17.1 Å². The molecule has 1 aromatic heterocycles. The van der Waals surface area contributed by atoms with Gasteiger partial charge in [-0.3, -0.25) is 4.79 Å². The van der Waals surface area contributed by atoms with E-state index in [1.54, 1.807) is 11.3 Å². The molecule has 1 aromatic rings. The Kier molecular flexibility index (Phi) is 4.20. The van der Waals surface area contributed by atoms with E-state index in [1.165, 1.54) is 19.3 Å². The molecule has 0 bridgehead atoms. The van der Waals surface area contributed by atoms with Crippen LogP contribution in [0.2, 0.25) is 0 Å². The summed E-state index contributed by atoms with van der Waals surface area (Å²) in [5.41, 5.74) is 0.902. The number of hydrogen-bond acceptors (Lipinski definition) is 2. The van der Waals surface area contributed by atoms with Crippen LogP contribution in [0.1, 0.15) is 49.4 Å². The van der Waals surface area contributed by atoms with Crippen LogP contribution in [-0.2, 0) is 0 Å². The molecule has 2 atom stereocenters. The average Bonchev–Trinajstić information content (AvgIpc) is 2.75. The SMILES string of the molecule is CCC1CCCC(C(=O)c2csc(Br)c2)C1. The monoisotopic (exact) mass is 300 g/mol. The molecule has 1 fully saturated rings. The maximum absolute atomic E-state index is 12.3. The molecular weight excluding hydrogens is 284 g/mol. The van der Waals surface area contributed by atoms with Crippen LogP contribution in [-0.4, -0.2) is 5.78 Å². The van der Waals surface area contributed by atoms with E-state index in [0.717, 1.165) is 28.1 Å². The van der Waals surface area contributed by atoms with Gasteiger partial charge < -0.3 is 0 Å². The van der Waals surface area contributed by atoms with Crippen LogP contribution >= 0.6 is 27.3 Å². The lowest BCUT2D eigenvalue weighted by Gasteiger charge is -2.27. The highest BCUT2D eigenvalue weighted by Crippen LogP contribution is 2.34. The van der Waals surface area contributed by atoms with Crippen LogP contribution in [0.15, 0.2) is 15.2 Å². The molecular formula is C13H17BrOS. The summed E-state index contributed by atoms with van der Waals surface area (Å²) in [6.45, 7) is 2.23. The van der Waals surface area contributed by atoms with E-state index in [-0.39, 0.29) is 5.92 Å². The second-order valence-electron chi connectivity index (χ2n) is 4.64. The number of hydrogen-bond donors (Lipinski definition) is 0. The van der Waals surface area contributed by atoms with Crippen LogP contribution in [0, 0.1) is 11.8 Å². The first-order valence-electron chi connectivity index (χ1n) is 5.99. The first kappa shape index (κ1) is 12.3. The Hall–Kier alpha value is -0.150. The third-order valence-electron chi connectivity index (χ3n) is 3.58. The molecule has 3 heteroatoms. The molecule has 0 saturated heterocycles. The number of ketones is 1. The summed E-state index contributed by atoms with van der Waals surface area (Å²) in [6, 6.07) is 1.96. The van der Waals surface area contributed by atoms with Crippen molar-refractivity contribution >= 4 is 33.0 Å². The van der Waals surface area contributed by atoms with Gasteiger partial charge in [0.2, 0.25) is 0 Å². The highest BCUT2D eigenvalue weighted by Gasteiger charge is 2.27. The minimum Gasteiger partial charge on any atom is -0.294 e. The predicted molar refractivity (Wildman–Crippen MR) is 72.1 cm³/mol. The lowest BCUT2D eigenvalue weighted by molar-refractivity contribution is 0.0862. The van der Waals surface area contributed by atoms with E-state index in [4.69, 9.17) is 0 Å². The number of rotatable bonds is 3. The molecule has 2 rings (SSSR count). The molecule has 16 heavy (non-hydrogen) atoms. The largest absolute Gasteiger partial charge is 0.294 e. The molecule has 0 N–H and O–H groups in total. The highest BCUT2D eigenvalue weighted by atomic mass is 79.9. The van der Waals surface area contributed by atoms with Crippen molar-refractivity contribution in [3.05, 3.63) is 20.8 Å². The molecule has 0 radical (unpaired) electrons. The second-order valence-corrected chi connectivity index (χ2v) is 6.93. The average molecular weight is 301 g/mol. The van der Waals surface area contributed by atoms with Crippen LogP contribution < -0.4 is 0 Å². The van der Waals surface area contributed by atoms with Crippen molar-refractivity contribution in [2.75, 3.05) is 0 Å². The van der Waals surface area contributed by atoms with Gasteiger partial charge in [-0.25, -0.2) is 0 Å². The van der Waals surface area contributed by atoms with Gasteiger partial charge in [-0.15, -0.1) is 11.3 Å². The summed E-state index contributed by atoms with van der Waals surface area (Å²) in [6.07, 6.45) is 5.94. The van der Waals surface area contributed by atoms with E-state index >= 15 is 0 Å². The van der Waals surface area contributed by atoms with Gasteiger partial charge in [0.25, 0.3) is 0 Å². The molecule has 1 saturated carbocycles. The quantitative estimate of drug-likeness (QED) is 0.725. The first-order valence-corrected chi connectivity index (χ1v) is 7.66.